The number of ether oxygens (including phenoxy) is 1. The van der Waals surface area contributed by atoms with E-state index in [0.29, 0.717) is 5.75 Å². The summed E-state index contributed by atoms with van der Waals surface area (Å²) in [5.74, 6) is 0.712. The van der Waals surface area contributed by atoms with Crippen molar-refractivity contribution in [3.63, 3.8) is 0 Å². The van der Waals surface area contributed by atoms with Gasteiger partial charge in [-0.05, 0) is 62.9 Å². The number of nitrogens with zero attached hydrogens (tertiary/aromatic N) is 2. The zero-order chi connectivity index (χ0) is 20.0. The molecular weight excluding hydrogens is 401 g/mol. The van der Waals surface area contributed by atoms with Crippen LogP contribution in [0.1, 0.15) is 19.3 Å². The lowest BCUT2D eigenvalue weighted by molar-refractivity contribution is 0.121. The van der Waals surface area contributed by atoms with Gasteiger partial charge < -0.3 is 14.6 Å². The fraction of sp³-hybridized carbons (Fsp3) is 0.273. The van der Waals surface area contributed by atoms with Gasteiger partial charge in [0.1, 0.15) is 12.9 Å². The van der Waals surface area contributed by atoms with Crippen molar-refractivity contribution in [1.82, 2.24) is 9.97 Å². The van der Waals surface area contributed by atoms with E-state index in [4.69, 9.17) is 4.74 Å². The summed E-state index contributed by atoms with van der Waals surface area (Å²) in [4.78, 5) is 8.93. The quantitative estimate of drug-likeness (QED) is 0.413. The minimum absolute atomic E-state index is 0.226. The Balaban J connectivity index is 1.59. The SMILES string of the molecule is CP(C)(=O)c1cc2c(Nc3ccc4scnc4c3)ccnc2cc1OC1CCC1. The first-order valence-electron chi connectivity index (χ1n) is 9.73. The summed E-state index contributed by atoms with van der Waals surface area (Å²) >= 11 is 1.63. The van der Waals surface area contributed by atoms with Crippen LogP contribution in [0.3, 0.4) is 0 Å². The second-order valence-corrected chi connectivity index (χ2v) is 11.9. The molecular formula is C22H22N3O2PS. The van der Waals surface area contributed by atoms with Crippen LogP contribution in [0.4, 0.5) is 11.4 Å². The van der Waals surface area contributed by atoms with Crippen molar-refractivity contribution in [2.45, 2.75) is 25.4 Å². The van der Waals surface area contributed by atoms with Crippen molar-refractivity contribution in [3.8, 4) is 5.75 Å². The number of pyridine rings is 1. The first kappa shape index (κ1) is 18.6. The lowest BCUT2D eigenvalue weighted by Gasteiger charge is -2.28. The molecule has 4 aromatic rings. The normalized spacial score (nSPS) is 14.8. The van der Waals surface area contributed by atoms with E-state index < -0.39 is 7.14 Å². The molecule has 0 saturated heterocycles. The summed E-state index contributed by atoms with van der Waals surface area (Å²) in [5.41, 5.74) is 5.54. The third-order valence-electron chi connectivity index (χ3n) is 5.36. The van der Waals surface area contributed by atoms with Gasteiger partial charge in [0, 0.05) is 29.0 Å². The van der Waals surface area contributed by atoms with E-state index in [-0.39, 0.29) is 6.10 Å². The smallest absolute Gasteiger partial charge is 0.132 e. The Bertz CT molecular complexity index is 1260. The number of thiazole rings is 1. The molecule has 1 aliphatic rings. The average Bonchev–Trinajstić information content (AvgIpc) is 3.11. The fourth-order valence-corrected chi connectivity index (χ4v) is 5.29. The van der Waals surface area contributed by atoms with Gasteiger partial charge in [0.25, 0.3) is 0 Å². The van der Waals surface area contributed by atoms with Gasteiger partial charge in [-0.3, -0.25) is 4.98 Å². The van der Waals surface area contributed by atoms with E-state index >= 15 is 0 Å². The van der Waals surface area contributed by atoms with Crippen LogP contribution in [0.5, 0.6) is 5.75 Å². The molecule has 2 heterocycles. The van der Waals surface area contributed by atoms with E-state index in [1.165, 1.54) is 6.42 Å². The molecule has 0 aliphatic heterocycles. The van der Waals surface area contributed by atoms with Crippen LogP contribution in [0, 0.1) is 0 Å². The van der Waals surface area contributed by atoms with Gasteiger partial charge in [0.2, 0.25) is 0 Å². The number of fused-ring (bicyclic) bond motifs is 2. The first-order valence-corrected chi connectivity index (χ1v) is 13.2. The predicted molar refractivity (Wildman–Crippen MR) is 122 cm³/mol. The Morgan fingerprint density at radius 1 is 1.10 bits per heavy atom. The number of aromatic nitrogens is 2. The highest BCUT2D eigenvalue weighted by atomic mass is 32.1. The number of hydrogen-bond acceptors (Lipinski definition) is 6. The largest absolute Gasteiger partial charge is 0.490 e. The van der Waals surface area contributed by atoms with Crippen LogP contribution >= 0.6 is 18.5 Å². The van der Waals surface area contributed by atoms with Gasteiger partial charge >= 0.3 is 0 Å². The summed E-state index contributed by atoms with van der Waals surface area (Å²) in [5, 5.41) is 5.20. The summed E-state index contributed by atoms with van der Waals surface area (Å²) in [6, 6.07) is 12.0. The van der Waals surface area contributed by atoms with Gasteiger partial charge in [-0.25, -0.2) is 4.98 Å². The number of rotatable bonds is 5. The lowest BCUT2D eigenvalue weighted by atomic mass is 9.96. The zero-order valence-electron chi connectivity index (χ0n) is 16.4. The molecule has 2 aromatic heterocycles. The standard InChI is InChI=1S/C22H22N3O2PS/c1-28(2,26)21-11-16-17(25-14-6-7-22-19(10-14)24-13-29-22)8-9-23-18(16)12-20(21)27-15-4-3-5-15/h6-13,15H,3-5H2,1-2H3,(H,23,25). The molecule has 5 rings (SSSR count). The molecule has 0 atom stereocenters. The molecule has 1 fully saturated rings. The van der Waals surface area contributed by atoms with Gasteiger partial charge in [-0.15, -0.1) is 11.3 Å². The van der Waals surface area contributed by atoms with Crippen molar-refractivity contribution in [1.29, 1.82) is 0 Å². The van der Waals surface area contributed by atoms with Gasteiger partial charge in [-0.1, -0.05) is 0 Å². The molecule has 29 heavy (non-hydrogen) atoms. The Hall–Kier alpha value is -2.43. The molecule has 148 valence electrons. The molecule has 0 bridgehead atoms. The average molecular weight is 423 g/mol. The number of benzene rings is 2. The minimum atomic E-state index is -2.52. The minimum Gasteiger partial charge on any atom is -0.490 e. The van der Waals surface area contributed by atoms with Crippen molar-refractivity contribution in [3.05, 3.63) is 48.1 Å². The highest BCUT2D eigenvalue weighted by Crippen LogP contribution is 2.42. The highest BCUT2D eigenvalue weighted by molar-refractivity contribution is 7.70. The van der Waals surface area contributed by atoms with Crippen LogP contribution in [-0.4, -0.2) is 29.4 Å². The fourth-order valence-electron chi connectivity index (χ4n) is 3.55. The van der Waals surface area contributed by atoms with Crippen molar-refractivity contribution < 1.29 is 9.30 Å². The lowest BCUT2D eigenvalue weighted by Crippen LogP contribution is -2.27. The predicted octanol–water partition coefficient (Wildman–Crippen LogP) is 5.77. The third kappa shape index (κ3) is 3.63. The molecule has 0 spiro atoms. The van der Waals surface area contributed by atoms with Crippen molar-refractivity contribution >= 4 is 56.3 Å². The van der Waals surface area contributed by atoms with Gasteiger partial charge in [-0.2, -0.15) is 0 Å². The Labute approximate surface area is 173 Å². The summed E-state index contributed by atoms with van der Waals surface area (Å²) < 4.78 is 20.4. The summed E-state index contributed by atoms with van der Waals surface area (Å²) in [6.45, 7) is 3.59. The number of hydrogen-bond donors (Lipinski definition) is 1. The Kier molecular flexibility index (Phi) is 4.56. The van der Waals surface area contributed by atoms with E-state index in [9.17, 15) is 4.57 Å². The molecule has 7 heteroatoms. The molecule has 0 radical (unpaired) electrons. The van der Waals surface area contributed by atoms with E-state index in [1.54, 1.807) is 30.9 Å². The van der Waals surface area contributed by atoms with E-state index in [0.717, 1.165) is 50.6 Å². The molecule has 1 aliphatic carbocycles. The van der Waals surface area contributed by atoms with Crippen LogP contribution in [0.15, 0.2) is 48.1 Å². The van der Waals surface area contributed by atoms with Crippen LogP contribution < -0.4 is 15.4 Å². The maximum absolute atomic E-state index is 13.0. The second kappa shape index (κ2) is 7.12. The highest BCUT2D eigenvalue weighted by Gasteiger charge is 2.25. The van der Waals surface area contributed by atoms with Gasteiger partial charge in [0.05, 0.1) is 32.7 Å². The maximum Gasteiger partial charge on any atom is 0.132 e. The number of anilines is 2. The van der Waals surface area contributed by atoms with Crippen LogP contribution in [0.2, 0.25) is 0 Å². The van der Waals surface area contributed by atoms with E-state index in [2.05, 4.69) is 21.4 Å². The van der Waals surface area contributed by atoms with Crippen LogP contribution in [0.25, 0.3) is 21.1 Å². The molecule has 1 N–H and O–H groups in total. The van der Waals surface area contributed by atoms with Crippen molar-refractivity contribution in [2.75, 3.05) is 18.6 Å². The molecule has 0 unspecified atom stereocenters. The molecule has 1 saturated carbocycles. The third-order valence-corrected chi connectivity index (χ3v) is 7.68. The second-order valence-electron chi connectivity index (χ2n) is 7.88. The molecule has 0 amide bonds. The molecule has 2 aromatic carbocycles. The number of nitrogens with one attached hydrogen (secondary N) is 1. The summed E-state index contributed by atoms with van der Waals surface area (Å²) in [7, 11) is -2.52. The topological polar surface area (TPSA) is 64.1 Å². The monoisotopic (exact) mass is 423 g/mol. The maximum atomic E-state index is 13.0. The first-order chi connectivity index (χ1) is 14.0. The van der Waals surface area contributed by atoms with E-state index in [1.807, 2.05) is 35.8 Å². The Morgan fingerprint density at radius 2 is 1.97 bits per heavy atom. The van der Waals surface area contributed by atoms with Crippen LogP contribution in [-0.2, 0) is 4.57 Å². The molecule has 5 nitrogen and oxygen atoms in total. The van der Waals surface area contributed by atoms with Gasteiger partial charge in [0.15, 0.2) is 0 Å². The summed E-state index contributed by atoms with van der Waals surface area (Å²) in [6.07, 6.45) is 5.33. The van der Waals surface area contributed by atoms with Crippen molar-refractivity contribution in [2.24, 2.45) is 0 Å². The zero-order valence-corrected chi connectivity index (χ0v) is 18.1. The Morgan fingerprint density at radius 3 is 2.72 bits per heavy atom.